The Balaban J connectivity index is 1.96. The number of nitrogens with zero attached hydrogens (tertiary/aromatic N) is 1. The standard InChI is InChI=1S/C18H24N2O/c1-4-19-13-15-5-9-17(10-6-15)20(2)14-16-7-11-18(21-3)12-8-16/h5-12,19H,4,13-14H2,1-3H3. The smallest absolute Gasteiger partial charge is 0.118 e. The molecule has 21 heavy (non-hydrogen) atoms. The van der Waals surface area contributed by atoms with Crippen molar-refractivity contribution in [2.45, 2.75) is 20.0 Å². The van der Waals surface area contributed by atoms with Gasteiger partial charge in [0.05, 0.1) is 7.11 Å². The van der Waals surface area contributed by atoms with Crippen LogP contribution < -0.4 is 15.0 Å². The van der Waals surface area contributed by atoms with Crippen LogP contribution in [0.1, 0.15) is 18.1 Å². The molecule has 0 saturated carbocycles. The fraction of sp³-hybridized carbons (Fsp3) is 0.333. The molecule has 0 aromatic heterocycles. The van der Waals surface area contributed by atoms with Gasteiger partial charge in [-0.25, -0.2) is 0 Å². The van der Waals surface area contributed by atoms with Crippen molar-refractivity contribution in [3.63, 3.8) is 0 Å². The first-order valence-electron chi connectivity index (χ1n) is 7.36. The summed E-state index contributed by atoms with van der Waals surface area (Å²) in [5.41, 5.74) is 3.82. The van der Waals surface area contributed by atoms with Crippen LogP contribution in [0.5, 0.6) is 5.75 Å². The van der Waals surface area contributed by atoms with Gasteiger partial charge in [0.15, 0.2) is 0 Å². The Bertz CT molecular complexity index is 534. The maximum atomic E-state index is 5.18. The lowest BCUT2D eigenvalue weighted by atomic mass is 10.1. The van der Waals surface area contributed by atoms with Crippen LogP contribution in [0.15, 0.2) is 48.5 Å². The van der Waals surface area contributed by atoms with Crippen molar-refractivity contribution in [1.29, 1.82) is 0 Å². The van der Waals surface area contributed by atoms with Gasteiger partial charge in [0.2, 0.25) is 0 Å². The lowest BCUT2D eigenvalue weighted by Crippen LogP contribution is -2.16. The van der Waals surface area contributed by atoms with Crippen molar-refractivity contribution in [3.05, 3.63) is 59.7 Å². The lowest BCUT2D eigenvalue weighted by molar-refractivity contribution is 0.414. The van der Waals surface area contributed by atoms with Gasteiger partial charge in [-0.15, -0.1) is 0 Å². The number of hydrogen-bond acceptors (Lipinski definition) is 3. The van der Waals surface area contributed by atoms with E-state index in [0.29, 0.717) is 0 Å². The van der Waals surface area contributed by atoms with E-state index < -0.39 is 0 Å². The van der Waals surface area contributed by atoms with E-state index in [0.717, 1.165) is 25.4 Å². The molecule has 0 atom stereocenters. The van der Waals surface area contributed by atoms with Gasteiger partial charge in [-0.05, 0) is 41.9 Å². The highest BCUT2D eigenvalue weighted by Crippen LogP contribution is 2.18. The molecule has 1 N–H and O–H groups in total. The van der Waals surface area contributed by atoms with Gasteiger partial charge in [0.25, 0.3) is 0 Å². The average molecular weight is 284 g/mol. The predicted molar refractivity (Wildman–Crippen MR) is 88.9 cm³/mol. The van der Waals surface area contributed by atoms with Gasteiger partial charge in [-0.2, -0.15) is 0 Å². The number of hydrogen-bond donors (Lipinski definition) is 1. The van der Waals surface area contributed by atoms with Gasteiger partial charge in [0.1, 0.15) is 5.75 Å². The van der Waals surface area contributed by atoms with Crippen LogP contribution >= 0.6 is 0 Å². The van der Waals surface area contributed by atoms with E-state index in [2.05, 4.69) is 60.6 Å². The van der Waals surface area contributed by atoms with E-state index in [1.807, 2.05) is 12.1 Å². The van der Waals surface area contributed by atoms with Gasteiger partial charge in [-0.1, -0.05) is 31.2 Å². The molecule has 0 bridgehead atoms. The Labute approximate surface area is 127 Å². The van der Waals surface area contributed by atoms with Gasteiger partial charge in [-0.3, -0.25) is 0 Å². The second-order valence-electron chi connectivity index (χ2n) is 5.15. The van der Waals surface area contributed by atoms with Crippen LogP contribution in [-0.2, 0) is 13.1 Å². The van der Waals surface area contributed by atoms with Crippen molar-refractivity contribution < 1.29 is 4.74 Å². The van der Waals surface area contributed by atoms with E-state index in [9.17, 15) is 0 Å². The number of rotatable bonds is 7. The molecule has 0 fully saturated rings. The molecule has 2 aromatic carbocycles. The zero-order valence-electron chi connectivity index (χ0n) is 13.1. The number of methoxy groups -OCH3 is 1. The summed E-state index contributed by atoms with van der Waals surface area (Å²) in [5, 5.41) is 3.34. The minimum atomic E-state index is 0.885. The summed E-state index contributed by atoms with van der Waals surface area (Å²) >= 11 is 0. The van der Waals surface area contributed by atoms with E-state index in [4.69, 9.17) is 4.74 Å². The van der Waals surface area contributed by atoms with Gasteiger partial charge in [0, 0.05) is 25.8 Å². The number of anilines is 1. The lowest BCUT2D eigenvalue weighted by Gasteiger charge is -2.20. The molecule has 3 nitrogen and oxygen atoms in total. The summed E-state index contributed by atoms with van der Waals surface area (Å²) in [6, 6.07) is 16.9. The highest BCUT2D eigenvalue weighted by Gasteiger charge is 2.03. The van der Waals surface area contributed by atoms with Crippen LogP contribution in [0, 0.1) is 0 Å². The Morgan fingerprint density at radius 2 is 1.57 bits per heavy atom. The Hall–Kier alpha value is -2.00. The van der Waals surface area contributed by atoms with Gasteiger partial charge >= 0.3 is 0 Å². The molecular formula is C18H24N2O. The zero-order valence-corrected chi connectivity index (χ0v) is 13.1. The third-order valence-electron chi connectivity index (χ3n) is 3.54. The first kappa shape index (κ1) is 15.4. The highest BCUT2D eigenvalue weighted by molar-refractivity contribution is 5.47. The molecular weight excluding hydrogens is 260 g/mol. The van der Waals surface area contributed by atoms with Crippen molar-refractivity contribution in [2.24, 2.45) is 0 Å². The monoisotopic (exact) mass is 284 g/mol. The van der Waals surface area contributed by atoms with Crippen LogP contribution in [0.3, 0.4) is 0 Å². The van der Waals surface area contributed by atoms with Crippen molar-refractivity contribution in [3.8, 4) is 5.75 Å². The molecule has 0 unspecified atom stereocenters. The summed E-state index contributed by atoms with van der Waals surface area (Å²) < 4.78 is 5.18. The summed E-state index contributed by atoms with van der Waals surface area (Å²) in [7, 11) is 3.81. The summed E-state index contributed by atoms with van der Waals surface area (Å²) in [5.74, 6) is 0.897. The molecule has 0 spiro atoms. The van der Waals surface area contributed by atoms with Crippen LogP contribution in [-0.4, -0.2) is 20.7 Å². The Morgan fingerprint density at radius 3 is 2.14 bits per heavy atom. The molecule has 2 rings (SSSR count). The minimum absolute atomic E-state index is 0.885. The molecule has 112 valence electrons. The fourth-order valence-corrected chi connectivity index (χ4v) is 2.23. The number of ether oxygens (including phenoxy) is 1. The van der Waals surface area contributed by atoms with Crippen LogP contribution in [0.2, 0.25) is 0 Å². The number of nitrogens with one attached hydrogen (secondary N) is 1. The van der Waals surface area contributed by atoms with Crippen molar-refractivity contribution >= 4 is 5.69 Å². The molecule has 2 aromatic rings. The topological polar surface area (TPSA) is 24.5 Å². The summed E-state index contributed by atoms with van der Waals surface area (Å²) in [6.45, 7) is 4.94. The Kier molecular flexibility index (Phi) is 5.64. The van der Waals surface area contributed by atoms with Crippen molar-refractivity contribution in [1.82, 2.24) is 5.32 Å². The molecule has 0 amide bonds. The molecule has 0 saturated heterocycles. The second-order valence-corrected chi connectivity index (χ2v) is 5.15. The molecule has 0 heterocycles. The van der Waals surface area contributed by atoms with E-state index in [-0.39, 0.29) is 0 Å². The van der Waals surface area contributed by atoms with E-state index in [1.54, 1.807) is 7.11 Å². The SMILES string of the molecule is CCNCc1ccc(N(C)Cc2ccc(OC)cc2)cc1. The molecule has 0 aliphatic rings. The third kappa shape index (κ3) is 4.50. The first-order chi connectivity index (χ1) is 10.2. The van der Waals surface area contributed by atoms with Crippen LogP contribution in [0.4, 0.5) is 5.69 Å². The third-order valence-corrected chi connectivity index (χ3v) is 3.54. The number of benzene rings is 2. The van der Waals surface area contributed by atoms with Gasteiger partial charge < -0.3 is 15.0 Å². The summed E-state index contributed by atoms with van der Waals surface area (Å²) in [4.78, 5) is 2.25. The van der Waals surface area contributed by atoms with Crippen LogP contribution in [0.25, 0.3) is 0 Å². The highest BCUT2D eigenvalue weighted by atomic mass is 16.5. The molecule has 3 heteroatoms. The van der Waals surface area contributed by atoms with E-state index >= 15 is 0 Å². The normalized spacial score (nSPS) is 10.4. The first-order valence-corrected chi connectivity index (χ1v) is 7.36. The fourth-order valence-electron chi connectivity index (χ4n) is 2.23. The predicted octanol–water partition coefficient (Wildman–Crippen LogP) is 3.44. The molecule has 0 aliphatic heterocycles. The zero-order chi connectivity index (χ0) is 15.1. The quantitative estimate of drug-likeness (QED) is 0.843. The van der Waals surface area contributed by atoms with Crippen molar-refractivity contribution in [2.75, 3.05) is 25.6 Å². The largest absolute Gasteiger partial charge is 0.497 e. The minimum Gasteiger partial charge on any atom is -0.497 e. The molecule has 0 aliphatic carbocycles. The van der Waals surface area contributed by atoms with E-state index in [1.165, 1.54) is 16.8 Å². The Morgan fingerprint density at radius 1 is 0.952 bits per heavy atom. The molecule has 0 radical (unpaired) electrons. The average Bonchev–Trinajstić information content (AvgIpc) is 2.54. The maximum Gasteiger partial charge on any atom is 0.118 e. The summed E-state index contributed by atoms with van der Waals surface area (Å²) in [6.07, 6.45) is 0. The maximum absolute atomic E-state index is 5.18. The second kappa shape index (κ2) is 7.70.